The standard InChI is InChI=1S/C18H19ClN4OS/c19-16-9-17(22-11-21-16)24-13-6-7-14-15(8-13)25-18(23-14)20-10-12-4-2-1-3-5-12/h6-9,11-12H,1-5,10H2,(H,20,23). The van der Waals surface area contributed by atoms with Gasteiger partial charge in [-0.05, 0) is 30.9 Å². The number of fused-ring (bicyclic) bond motifs is 1. The molecule has 0 unspecified atom stereocenters. The van der Waals surface area contributed by atoms with Crippen LogP contribution in [0.2, 0.25) is 5.15 Å². The molecule has 7 heteroatoms. The van der Waals surface area contributed by atoms with Crippen LogP contribution < -0.4 is 10.1 Å². The summed E-state index contributed by atoms with van der Waals surface area (Å²) in [5.41, 5.74) is 0.976. The quantitative estimate of drug-likeness (QED) is 0.595. The first-order chi connectivity index (χ1) is 12.3. The van der Waals surface area contributed by atoms with Crippen LogP contribution in [0.25, 0.3) is 10.2 Å². The Hall–Kier alpha value is -1.92. The molecule has 0 aliphatic heterocycles. The van der Waals surface area contributed by atoms with Crippen LogP contribution in [0.3, 0.4) is 0 Å². The average molecular weight is 375 g/mol. The fourth-order valence-electron chi connectivity index (χ4n) is 3.16. The first-order valence-electron chi connectivity index (χ1n) is 8.56. The van der Waals surface area contributed by atoms with E-state index in [-0.39, 0.29) is 0 Å². The Morgan fingerprint density at radius 1 is 1.16 bits per heavy atom. The first kappa shape index (κ1) is 16.5. The molecule has 0 bridgehead atoms. The molecule has 130 valence electrons. The fraction of sp³-hybridized carbons (Fsp3) is 0.389. The van der Waals surface area contributed by atoms with Crippen molar-refractivity contribution in [2.45, 2.75) is 32.1 Å². The van der Waals surface area contributed by atoms with Crippen molar-refractivity contribution in [1.82, 2.24) is 15.0 Å². The maximum Gasteiger partial charge on any atom is 0.223 e. The molecule has 1 aromatic carbocycles. The smallest absolute Gasteiger partial charge is 0.223 e. The molecule has 3 aromatic rings. The van der Waals surface area contributed by atoms with Gasteiger partial charge >= 0.3 is 0 Å². The summed E-state index contributed by atoms with van der Waals surface area (Å²) in [5.74, 6) is 1.92. The Morgan fingerprint density at radius 3 is 2.88 bits per heavy atom. The second-order valence-corrected chi connectivity index (χ2v) is 7.73. The van der Waals surface area contributed by atoms with Gasteiger partial charge in [-0.3, -0.25) is 0 Å². The van der Waals surface area contributed by atoms with E-state index in [1.807, 2.05) is 18.2 Å². The predicted molar refractivity (Wildman–Crippen MR) is 102 cm³/mol. The summed E-state index contributed by atoms with van der Waals surface area (Å²) in [6.07, 6.45) is 8.16. The Bertz CT molecular complexity index is 863. The molecule has 5 nitrogen and oxygen atoms in total. The number of anilines is 1. The number of hydrogen-bond acceptors (Lipinski definition) is 6. The van der Waals surface area contributed by atoms with Gasteiger partial charge in [-0.1, -0.05) is 42.2 Å². The van der Waals surface area contributed by atoms with Crippen LogP contribution in [0.5, 0.6) is 11.6 Å². The summed E-state index contributed by atoms with van der Waals surface area (Å²) < 4.78 is 6.84. The molecule has 1 fully saturated rings. The maximum absolute atomic E-state index is 5.86. The minimum atomic E-state index is 0.359. The largest absolute Gasteiger partial charge is 0.439 e. The number of halogens is 1. The van der Waals surface area contributed by atoms with Crippen molar-refractivity contribution >= 4 is 38.3 Å². The predicted octanol–water partition coefficient (Wildman–Crippen LogP) is 5.52. The highest BCUT2D eigenvalue weighted by atomic mass is 35.5. The van der Waals surface area contributed by atoms with Gasteiger partial charge in [0.25, 0.3) is 0 Å². The Balaban J connectivity index is 1.45. The molecule has 1 N–H and O–H groups in total. The number of aromatic nitrogens is 3. The van der Waals surface area contributed by atoms with Crippen molar-refractivity contribution in [2.24, 2.45) is 5.92 Å². The lowest BCUT2D eigenvalue weighted by molar-refractivity contribution is 0.373. The van der Waals surface area contributed by atoms with Gasteiger partial charge < -0.3 is 10.1 Å². The highest BCUT2D eigenvalue weighted by Crippen LogP contribution is 2.32. The van der Waals surface area contributed by atoms with Crippen LogP contribution in [0, 0.1) is 5.92 Å². The Labute approximate surface area is 155 Å². The summed E-state index contributed by atoms with van der Waals surface area (Å²) in [5, 5.41) is 4.84. The van der Waals surface area contributed by atoms with Gasteiger partial charge in [0.1, 0.15) is 17.2 Å². The van der Waals surface area contributed by atoms with Gasteiger partial charge in [0.05, 0.1) is 10.2 Å². The van der Waals surface area contributed by atoms with Gasteiger partial charge in [0, 0.05) is 18.7 Å². The van der Waals surface area contributed by atoms with E-state index < -0.39 is 0 Å². The molecule has 0 amide bonds. The average Bonchev–Trinajstić information content (AvgIpc) is 3.03. The lowest BCUT2D eigenvalue weighted by atomic mass is 9.89. The summed E-state index contributed by atoms with van der Waals surface area (Å²) in [7, 11) is 0. The number of nitrogens with zero attached hydrogens (tertiary/aromatic N) is 3. The third-order valence-corrected chi connectivity index (χ3v) is 5.64. The maximum atomic E-state index is 5.86. The van der Waals surface area contributed by atoms with E-state index in [9.17, 15) is 0 Å². The van der Waals surface area contributed by atoms with Gasteiger partial charge in [0.15, 0.2) is 5.13 Å². The third-order valence-electron chi connectivity index (χ3n) is 4.46. The minimum Gasteiger partial charge on any atom is -0.439 e. The van der Waals surface area contributed by atoms with Gasteiger partial charge in [-0.2, -0.15) is 0 Å². The lowest BCUT2D eigenvalue weighted by Gasteiger charge is -2.21. The molecule has 0 saturated heterocycles. The zero-order valence-electron chi connectivity index (χ0n) is 13.7. The van der Waals surface area contributed by atoms with Crippen LogP contribution >= 0.6 is 22.9 Å². The van der Waals surface area contributed by atoms with Gasteiger partial charge in [-0.15, -0.1) is 0 Å². The van der Waals surface area contributed by atoms with E-state index in [1.54, 1.807) is 17.4 Å². The number of nitrogens with one attached hydrogen (secondary N) is 1. The molecular formula is C18H19ClN4OS. The molecular weight excluding hydrogens is 356 g/mol. The number of ether oxygens (including phenoxy) is 1. The number of hydrogen-bond donors (Lipinski definition) is 1. The number of rotatable bonds is 5. The van der Waals surface area contributed by atoms with Crippen LogP contribution in [0.4, 0.5) is 5.13 Å². The van der Waals surface area contributed by atoms with Crippen molar-refractivity contribution < 1.29 is 4.74 Å². The molecule has 4 rings (SSSR count). The van der Waals surface area contributed by atoms with Crippen molar-refractivity contribution in [3.63, 3.8) is 0 Å². The van der Waals surface area contributed by atoms with Crippen LogP contribution in [-0.4, -0.2) is 21.5 Å². The molecule has 0 atom stereocenters. The first-order valence-corrected chi connectivity index (χ1v) is 9.75. The Kier molecular flexibility index (Phi) is 4.99. The highest BCUT2D eigenvalue weighted by molar-refractivity contribution is 7.22. The summed E-state index contributed by atoms with van der Waals surface area (Å²) >= 11 is 7.51. The molecule has 1 aliphatic carbocycles. The Morgan fingerprint density at radius 2 is 2.04 bits per heavy atom. The highest BCUT2D eigenvalue weighted by Gasteiger charge is 2.14. The van der Waals surface area contributed by atoms with Gasteiger partial charge in [0.2, 0.25) is 5.88 Å². The lowest BCUT2D eigenvalue weighted by Crippen LogP contribution is -2.16. The SMILES string of the molecule is Clc1cc(Oc2ccc3nc(NCC4CCCCC4)sc3c2)ncn1. The fourth-order valence-corrected chi connectivity index (χ4v) is 4.20. The van der Waals surface area contributed by atoms with Crippen molar-refractivity contribution in [1.29, 1.82) is 0 Å². The van der Waals surface area contributed by atoms with Crippen LogP contribution in [-0.2, 0) is 0 Å². The summed E-state index contributed by atoms with van der Waals surface area (Å²) in [6, 6.07) is 7.43. The molecule has 2 heterocycles. The summed E-state index contributed by atoms with van der Waals surface area (Å²) in [6.45, 7) is 1.02. The zero-order chi connectivity index (χ0) is 17.1. The molecule has 25 heavy (non-hydrogen) atoms. The molecule has 0 spiro atoms. The van der Waals surface area contributed by atoms with E-state index >= 15 is 0 Å². The molecule has 1 saturated carbocycles. The second-order valence-electron chi connectivity index (χ2n) is 6.31. The normalized spacial score (nSPS) is 15.4. The van der Waals surface area contributed by atoms with E-state index in [2.05, 4.69) is 20.3 Å². The van der Waals surface area contributed by atoms with Crippen LogP contribution in [0.1, 0.15) is 32.1 Å². The van der Waals surface area contributed by atoms with E-state index in [0.717, 1.165) is 27.8 Å². The van der Waals surface area contributed by atoms with E-state index in [0.29, 0.717) is 16.8 Å². The van der Waals surface area contributed by atoms with Crippen molar-refractivity contribution in [3.05, 3.63) is 35.7 Å². The van der Waals surface area contributed by atoms with Crippen LogP contribution in [0.15, 0.2) is 30.6 Å². The minimum absolute atomic E-state index is 0.359. The number of thiazole rings is 1. The monoisotopic (exact) mass is 374 g/mol. The zero-order valence-corrected chi connectivity index (χ0v) is 15.3. The van der Waals surface area contributed by atoms with E-state index in [4.69, 9.17) is 16.3 Å². The van der Waals surface area contributed by atoms with Gasteiger partial charge in [-0.25, -0.2) is 15.0 Å². The molecule has 2 aromatic heterocycles. The topological polar surface area (TPSA) is 59.9 Å². The molecule has 0 radical (unpaired) electrons. The molecule has 1 aliphatic rings. The van der Waals surface area contributed by atoms with Crippen molar-refractivity contribution in [2.75, 3.05) is 11.9 Å². The summed E-state index contributed by atoms with van der Waals surface area (Å²) in [4.78, 5) is 12.6. The van der Waals surface area contributed by atoms with E-state index in [1.165, 1.54) is 38.4 Å². The van der Waals surface area contributed by atoms with Crippen molar-refractivity contribution in [3.8, 4) is 11.6 Å². The second kappa shape index (κ2) is 7.54. The number of benzene rings is 1. The third kappa shape index (κ3) is 4.19.